The minimum absolute atomic E-state index is 0.642. The zero-order valence-electron chi connectivity index (χ0n) is 10.6. The summed E-state index contributed by atoms with van der Waals surface area (Å²) in [5.74, 6) is 2.06. The van der Waals surface area contributed by atoms with Gasteiger partial charge in [-0.15, -0.1) is 0 Å². The maximum atomic E-state index is 5.77. The zero-order valence-corrected chi connectivity index (χ0v) is 11.7. The molecule has 0 heterocycles. The molecular formula is C13H15AlB2O2. The van der Waals surface area contributed by atoms with Crippen LogP contribution in [0.25, 0.3) is 0 Å². The van der Waals surface area contributed by atoms with Crippen molar-refractivity contribution >= 4 is 40.7 Å². The molecule has 5 heteroatoms. The van der Waals surface area contributed by atoms with Gasteiger partial charge in [-0.2, -0.15) is 0 Å². The summed E-state index contributed by atoms with van der Waals surface area (Å²) in [6.07, 6.45) is 0. The van der Waals surface area contributed by atoms with Crippen molar-refractivity contribution in [1.82, 2.24) is 0 Å². The predicted octanol–water partition coefficient (Wildman–Crippen LogP) is 0.492. The highest BCUT2D eigenvalue weighted by Crippen LogP contribution is 1.89. The van der Waals surface area contributed by atoms with Crippen molar-refractivity contribution < 1.29 is 7.41 Å². The molecule has 0 aliphatic heterocycles. The molecule has 2 rings (SSSR count). The molecule has 88 valence electrons. The monoisotopic (exact) mass is 252 g/mol. The Kier molecular flexibility index (Phi) is 5.57. The van der Waals surface area contributed by atoms with Crippen LogP contribution in [-0.4, -0.2) is 29.8 Å². The van der Waals surface area contributed by atoms with E-state index in [1.165, 1.54) is 10.9 Å². The third-order valence-corrected chi connectivity index (χ3v) is 3.93. The minimum Gasteiger partial charge on any atom is -0.545 e. The number of benzene rings is 2. The van der Waals surface area contributed by atoms with Crippen LogP contribution in [0.1, 0.15) is 0 Å². The van der Waals surface area contributed by atoms with E-state index < -0.39 is 14.8 Å². The Morgan fingerprint density at radius 1 is 0.722 bits per heavy atom. The van der Waals surface area contributed by atoms with E-state index in [-0.39, 0.29) is 0 Å². The quantitative estimate of drug-likeness (QED) is 0.696. The molecule has 18 heavy (non-hydrogen) atoms. The van der Waals surface area contributed by atoms with Crippen LogP contribution in [-0.2, 0) is 7.41 Å². The van der Waals surface area contributed by atoms with Gasteiger partial charge < -0.3 is 7.41 Å². The maximum absolute atomic E-state index is 5.77. The summed E-state index contributed by atoms with van der Waals surface area (Å²) in [5, 5.41) is 0. The van der Waals surface area contributed by atoms with Crippen LogP contribution in [0.4, 0.5) is 0 Å². The van der Waals surface area contributed by atoms with Gasteiger partial charge in [0.2, 0.25) is 0 Å². The van der Waals surface area contributed by atoms with Gasteiger partial charge >= 0.3 is 14.8 Å². The van der Waals surface area contributed by atoms with E-state index >= 15 is 0 Å². The van der Waals surface area contributed by atoms with Crippen LogP contribution in [0.2, 0.25) is 5.79 Å². The molecule has 0 atom stereocenters. The lowest BCUT2D eigenvalue weighted by molar-refractivity contribution is 0.471. The van der Waals surface area contributed by atoms with E-state index in [4.69, 9.17) is 7.41 Å². The molecule has 0 unspecified atom stereocenters. The fourth-order valence-corrected chi connectivity index (χ4v) is 2.57. The molecule has 0 N–H and O–H groups in total. The van der Waals surface area contributed by atoms with Gasteiger partial charge in [0, 0.05) is 0 Å². The van der Waals surface area contributed by atoms with E-state index in [0.717, 1.165) is 0 Å². The van der Waals surface area contributed by atoms with Crippen molar-refractivity contribution in [1.29, 1.82) is 0 Å². The predicted molar refractivity (Wildman–Crippen MR) is 80.2 cm³/mol. The first-order chi connectivity index (χ1) is 8.84. The molecule has 0 aliphatic rings. The van der Waals surface area contributed by atoms with E-state index in [9.17, 15) is 0 Å². The van der Waals surface area contributed by atoms with Gasteiger partial charge in [-0.1, -0.05) is 77.4 Å². The molecule has 2 nitrogen and oxygen atoms in total. The first-order valence-corrected chi connectivity index (χ1v) is 8.25. The van der Waals surface area contributed by atoms with Crippen molar-refractivity contribution in [3.63, 3.8) is 0 Å². The summed E-state index contributed by atoms with van der Waals surface area (Å²) in [6, 6.07) is 20.4. The van der Waals surface area contributed by atoms with Crippen molar-refractivity contribution in [3.05, 3.63) is 60.7 Å². The van der Waals surface area contributed by atoms with E-state index in [2.05, 4.69) is 30.1 Å². The first-order valence-electron chi connectivity index (χ1n) is 6.15. The Hall–Kier alpha value is -0.978. The van der Waals surface area contributed by atoms with Crippen LogP contribution in [0.3, 0.4) is 0 Å². The molecule has 0 radical (unpaired) electrons. The molecular weight excluding hydrogens is 237 g/mol. The van der Waals surface area contributed by atoms with Crippen molar-refractivity contribution in [2.75, 3.05) is 0 Å². The molecule has 0 saturated carbocycles. The number of hydrogen-bond donors (Lipinski definition) is 0. The molecule has 0 amide bonds. The van der Waals surface area contributed by atoms with E-state index in [1.54, 1.807) is 0 Å². The third-order valence-electron chi connectivity index (χ3n) is 2.66. The summed E-state index contributed by atoms with van der Waals surface area (Å²) in [5.41, 5.74) is 2.39. The van der Waals surface area contributed by atoms with Crippen LogP contribution in [0.15, 0.2) is 60.7 Å². The van der Waals surface area contributed by atoms with Gasteiger partial charge in [-0.05, 0) is 0 Å². The Balaban J connectivity index is 1.71. The SMILES string of the molecule is [CH3][Al]([O]Bc1ccccc1)[O]Bc1ccccc1. The summed E-state index contributed by atoms with van der Waals surface area (Å²) in [4.78, 5) is 0. The average molecular weight is 252 g/mol. The molecule has 2 aromatic carbocycles. The molecule has 0 fully saturated rings. The van der Waals surface area contributed by atoms with E-state index in [0.29, 0.717) is 15.0 Å². The second-order valence-electron chi connectivity index (χ2n) is 4.16. The normalized spacial score (nSPS) is 9.83. The fourth-order valence-electron chi connectivity index (χ4n) is 1.62. The minimum atomic E-state index is -1.54. The summed E-state index contributed by atoms with van der Waals surface area (Å²) < 4.78 is 11.5. The Morgan fingerprint density at radius 3 is 1.50 bits per heavy atom. The highest BCUT2D eigenvalue weighted by molar-refractivity contribution is 6.64. The number of hydrogen-bond acceptors (Lipinski definition) is 2. The van der Waals surface area contributed by atoms with Gasteiger partial charge in [0.25, 0.3) is 15.0 Å². The maximum Gasteiger partial charge on any atom is 0.639 e. The second kappa shape index (κ2) is 7.46. The summed E-state index contributed by atoms with van der Waals surface area (Å²) in [6.45, 7) is 0. The lowest BCUT2D eigenvalue weighted by atomic mass is 9.89. The van der Waals surface area contributed by atoms with Gasteiger partial charge in [0.15, 0.2) is 0 Å². The van der Waals surface area contributed by atoms with Gasteiger partial charge in [0.05, 0.1) is 0 Å². The smallest absolute Gasteiger partial charge is 0.545 e. The van der Waals surface area contributed by atoms with Crippen LogP contribution in [0, 0.1) is 0 Å². The molecule has 2 aromatic rings. The largest absolute Gasteiger partial charge is 0.639 e. The zero-order chi connectivity index (χ0) is 12.6. The Morgan fingerprint density at radius 2 is 1.11 bits per heavy atom. The number of rotatable bonds is 6. The van der Waals surface area contributed by atoms with Crippen LogP contribution in [0.5, 0.6) is 0 Å². The molecule has 0 bridgehead atoms. The highest BCUT2D eigenvalue weighted by Gasteiger charge is 2.17. The average Bonchev–Trinajstić information content (AvgIpc) is 2.45. The van der Waals surface area contributed by atoms with Crippen molar-refractivity contribution in [3.8, 4) is 0 Å². The van der Waals surface area contributed by atoms with Crippen LogP contribution < -0.4 is 10.9 Å². The topological polar surface area (TPSA) is 18.5 Å². The molecule has 0 saturated heterocycles. The first kappa shape index (κ1) is 13.5. The highest BCUT2D eigenvalue weighted by atomic mass is 27.2. The third kappa shape index (κ3) is 4.72. The standard InChI is InChI=1S/2C6H6BO.CH3.Al/c2*8-7-6-4-2-1-3-5-6;;/h2*1-5,7H;1H3;/q2*-1;;+2. The van der Waals surface area contributed by atoms with Crippen molar-refractivity contribution in [2.24, 2.45) is 0 Å². The Bertz CT molecular complexity index is 410. The summed E-state index contributed by atoms with van der Waals surface area (Å²) in [7, 11) is 1.28. The lowest BCUT2D eigenvalue weighted by Crippen LogP contribution is -2.31. The summed E-state index contributed by atoms with van der Waals surface area (Å²) >= 11 is -1.54. The molecule has 0 aromatic heterocycles. The van der Waals surface area contributed by atoms with Gasteiger partial charge in [0.1, 0.15) is 0 Å². The fraction of sp³-hybridized carbons (Fsp3) is 0.0769. The second-order valence-corrected chi connectivity index (χ2v) is 5.96. The van der Waals surface area contributed by atoms with Crippen LogP contribution >= 0.6 is 0 Å². The molecule has 0 spiro atoms. The van der Waals surface area contributed by atoms with Crippen molar-refractivity contribution in [2.45, 2.75) is 5.79 Å². The van der Waals surface area contributed by atoms with Gasteiger partial charge in [-0.3, -0.25) is 0 Å². The van der Waals surface area contributed by atoms with Gasteiger partial charge in [-0.25, -0.2) is 0 Å². The van der Waals surface area contributed by atoms with E-state index in [1.807, 2.05) is 36.4 Å². The molecule has 0 aliphatic carbocycles. The lowest BCUT2D eigenvalue weighted by Gasteiger charge is -2.09. The Labute approximate surface area is 115 Å².